The number of hydrogen-bond acceptors (Lipinski definition) is 10. The molecule has 0 amide bonds. The van der Waals surface area contributed by atoms with Gasteiger partial charge in [-0.1, -0.05) is 141 Å². The number of carbonyl (C=O) groups excluding carboxylic acids is 2. The zero-order valence-corrected chi connectivity index (χ0v) is 34.2. The summed E-state index contributed by atoms with van der Waals surface area (Å²) in [5, 5.41) is 40.0. The second-order valence-corrected chi connectivity index (χ2v) is 15.1. The van der Waals surface area contributed by atoms with Gasteiger partial charge in [0.05, 0.1) is 13.2 Å². The highest BCUT2D eigenvalue weighted by atomic mass is 16.7. The Balaban J connectivity index is 2.33. The number of aliphatic hydroxyl groups excluding tert-OH is 4. The number of carbonyl (C=O) groups is 2. The Morgan fingerprint density at radius 3 is 1.50 bits per heavy atom. The van der Waals surface area contributed by atoms with E-state index in [2.05, 4.69) is 38.2 Å². The SMILES string of the molecule is CCCC/C=C\CCCCCCCC(=O)OCC(COC1OC(CO)C(O)C(O)C1O)OC(=O)CCCCCCCCC/C=C\CCCCCCCCC. The highest BCUT2D eigenvalue weighted by Gasteiger charge is 2.44. The maximum absolute atomic E-state index is 12.7. The molecule has 1 aliphatic rings. The van der Waals surface area contributed by atoms with E-state index in [-0.39, 0.29) is 32.0 Å². The van der Waals surface area contributed by atoms with Crippen molar-refractivity contribution in [1.82, 2.24) is 0 Å². The number of rotatable bonds is 36. The van der Waals surface area contributed by atoms with Gasteiger partial charge in [-0.3, -0.25) is 9.59 Å². The van der Waals surface area contributed by atoms with Crippen molar-refractivity contribution in [2.75, 3.05) is 19.8 Å². The average Bonchev–Trinajstić information content (AvgIpc) is 3.17. The second-order valence-electron chi connectivity index (χ2n) is 15.1. The zero-order valence-electron chi connectivity index (χ0n) is 34.2. The lowest BCUT2D eigenvalue weighted by atomic mass is 9.99. The lowest BCUT2D eigenvalue weighted by Gasteiger charge is -2.39. The number of esters is 2. The van der Waals surface area contributed by atoms with Crippen LogP contribution in [0, 0.1) is 0 Å². The van der Waals surface area contributed by atoms with Gasteiger partial charge < -0.3 is 39.4 Å². The largest absolute Gasteiger partial charge is 0.462 e. The van der Waals surface area contributed by atoms with Crippen LogP contribution in [-0.4, -0.2) is 89.0 Å². The van der Waals surface area contributed by atoms with Crippen LogP contribution in [0.5, 0.6) is 0 Å². The summed E-state index contributed by atoms with van der Waals surface area (Å²) in [6.45, 7) is 3.37. The maximum Gasteiger partial charge on any atom is 0.306 e. The smallest absolute Gasteiger partial charge is 0.306 e. The Morgan fingerprint density at radius 1 is 0.556 bits per heavy atom. The molecule has 0 aromatic carbocycles. The van der Waals surface area contributed by atoms with Crippen LogP contribution in [0.2, 0.25) is 0 Å². The second kappa shape index (κ2) is 35.6. The minimum Gasteiger partial charge on any atom is -0.462 e. The van der Waals surface area contributed by atoms with Crippen LogP contribution in [0.4, 0.5) is 0 Å². The number of unbranched alkanes of at least 4 members (excludes halogenated alkanes) is 21. The standard InChI is InChI=1S/C44H80O10/c1-3-5-7-9-11-13-15-16-17-18-19-20-21-23-25-27-29-31-33-40(47)53-37(36-52-44-43(50)42(49)41(48)38(34-45)54-44)35-51-39(46)32-30-28-26-24-22-14-12-10-8-6-4-2/h10,12,17-18,37-38,41-45,48-50H,3-9,11,13-16,19-36H2,1-2H3/b12-10-,18-17-. The Kier molecular flexibility index (Phi) is 33.1. The highest BCUT2D eigenvalue weighted by molar-refractivity contribution is 5.70. The van der Waals surface area contributed by atoms with E-state index in [1.807, 2.05) is 0 Å². The molecule has 0 radical (unpaired) electrons. The molecule has 0 saturated carbocycles. The minimum absolute atomic E-state index is 0.222. The first-order valence-corrected chi connectivity index (χ1v) is 21.9. The van der Waals surface area contributed by atoms with Gasteiger partial charge in [0.2, 0.25) is 0 Å². The third kappa shape index (κ3) is 26.9. The van der Waals surface area contributed by atoms with Gasteiger partial charge in [0.1, 0.15) is 31.0 Å². The number of hydrogen-bond donors (Lipinski definition) is 4. The van der Waals surface area contributed by atoms with Crippen molar-refractivity contribution in [2.24, 2.45) is 0 Å². The van der Waals surface area contributed by atoms with Crippen LogP contribution >= 0.6 is 0 Å². The van der Waals surface area contributed by atoms with Gasteiger partial charge in [-0.15, -0.1) is 0 Å². The fraction of sp³-hybridized carbons (Fsp3) is 0.864. The Labute approximate surface area is 328 Å². The molecule has 10 heteroatoms. The van der Waals surface area contributed by atoms with Crippen LogP contribution in [0.3, 0.4) is 0 Å². The lowest BCUT2D eigenvalue weighted by Crippen LogP contribution is -2.59. The van der Waals surface area contributed by atoms with E-state index in [0.717, 1.165) is 64.2 Å². The van der Waals surface area contributed by atoms with E-state index in [1.54, 1.807) is 0 Å². The molecule has 316 valence electrons. The van der Waals surface area contributed by atoms with Crippen LogP contribution < -0.4 is 0 Å². The van der Waals surface area contributed by atoms with Gasteiger partial charge in [-0.05, 0) is 57.8 Å². The van der Waals surface area contributed by atoms with Crippen molar-refractivity contribution in [3.63, 3.8) is 0 Å². The van der Waals surface area contributed by atoms with Crippen molar-refractivity contribution < 1.29 is 49.0 Å². The summed E-state index contributed by atoms with van der Waals surface area (Å²) < 4.78 is 22.1. The molecule has 1 aliphatic heterocycles. The van der Waals surface area contributed by atoms with Crippen molar-refractivity contribution in [3.05, 3.63) is 24.3 Å². The van der Waals surface area contributed by atoms with Crippen molar-refractivity contribution >= 4 is 11.9 Å². The van der Waals surface area contributed by atoms with Gasteiger partial charge in [-0.25, -0.2) is 0 Å². The Hall–Kier alpha value is -1.82. The van der Waals surface area contributed by atoms with Crippen molar-refractivity contribution in [1.29, 1.82) is 0 Å². The molecule has 1 rings (SSSR count). The summed E-state index contributed by atoms with van der Waals surface area (Å²) in [5.41, 5.74) is 0. The predicted molar refractivity (Wildman–Crippen MR) is 215 cm³/mol. The predicted octanol–water partition coefficient (Wildman–Crippen LogP) is 8.94. The van der Waals surface area contributed by atoms with Gasteiger partial charge in [0, 0.05) is 12.8 Å². The first kappa shape index (κ1) is 50.2. The summed E-state index contributed by atoms with van der Waals surface area (Å²) in [6.07, 6.45) is 30.4. The lowest BCUT2D eigenvalue weighted by molar-refractivity contribution is -0.305. The summed E-state index contributed by atoms with van der Waals surface area (Å²) in [5.74, 6) is -0.820. The highest BCUT2D eigenvalue weighted by Crippen LogP contribution is 2.22. The van der Waals surface area contributed by atoms with Crippen molar-refractivity contribution in [2.45, 2.75) is 224 Å². The Morgan fingerprint density at radius 2 is 1.00 bits per heavy atom. The minimum atomic E-state index is -1.59. The zero-order chi connectivity index (χ0) is 39.5. The fourth-order valence-electron chi connectivity index (χ4n) is 6.52. The van der Waals surface area contributed by atoms with Gasteiger partial charge in [0.15, 0.2) is 12.4 Å². The summed E-state index contributed by atoms with van der Waals surface area (Å²) in [7, 11) is 0. The molecule has 0 aliphatic carbocycles. The first-order valence-electron chi connectivity index (χ1n) is 21.9. The topological polar surface area (TPSA) is 152 Å². The molecule has 1 saturated heterocycles. The van der Waals surface area contributed by atoms with Gasteiger partial charge in [0.25, 0.3) is 0 Å². The van der Waals surface area contributed by atoms with Gasteiger partial charge >= 0.3 is 11.9 Å². The third-order valence-corrected chi connectivity index (χ3v) is 10.1. The quantitative estimate of drug-likeness (QED) is 0.0276. The van der Waals surface area contributed by atoms with Crippen LogP contribution in [0.15, 0.2) is 24.3 Å². The number of allylic oxidation sites excluding steroid dienone is 4. The molecule has 1 heterocycles. The molecule has 0 aromatic rings. The average molecular weight is 769 g/mol. The maximum atomic E-state index is 12.7. The van der Waals surface area contributed by atoms with Crippen molar-refractivity contribution in [3.8, 4) is 0 Å². The molecule has 54 heavy (non-hydrogen) atoms. The summed E-state index contributed by atoms with van der Waals surface area (Å²) >= 11 is 0. The van der Waals surface area contributed by atoms with E-state index >= 15 is 0 Å². The number of ether oxygens (including phenoxy) is 4. The molecular formula is C44H80O10. The summed E-state index contributed by atoms with van der Waals surface area (Å²) in [4.78, 5) is 25.2. The number of aliphatic hydroxyl groups is 4. The van der Waals surface area contributed by atoms with Crippen LogP contribution in [-0.2, 0) is 28.5 Å². The molecule has 6 atom stereocenters. The van der Waals surface area contributed by atoms with Crippen LogP contribution in [0.25, 0.3) is 0 Å². The molecule has 0 aromatic heterocycles. The van der Waals surface area contributed by atoms with E-state index < -0.39 is 49.4 Å². The summed E-state index contributed by atoms with van der Waals surface area (Å²) in [6, 6.07) is 0. The Bertz CT molecular complexity index is 938. The normalized spacial score (nSPS) is 20.9. The van der Waals surface area contributed by atoms with E-state index in [9.17, 15) is 30.0 Å². The molecule has 0 bridgehead atoms. The van der Waals surface area contributed by atoms with Gasteiger partial charge in [-0.2, -0.15) is 0 Å². The van der Waals surface area contributed by atoms with E-state index in [4.69, 9.17) is 18.9 Å². The fourth-order valence-corrected chi connectivity index (χ4v) is 6.52. The molecular weight excluding hydrogens is 688 g/mol. The molecule has 10 nitrogen and oxygen atoms in total. The van der Waals surface area contributed by atoms with E-state index in [0.29, 0.717) is 12.8 Å². The van der Waals surface area contributed by atoms with Crippen LogP contribution in [0.1, 0.15) is 187 Å². The third-order valence-electron chi connectivity index (χ3n) is 10.1. The first-order chi connectivity index (χ1) is 26.3. The molecule has 0 spiro atoms. The monoisotopic (exact) mass is 769 g/mol. The molecule has 1 fully saturated rings. The molecule has 6 unspecified atom stereocenters. The van der Waals surface area contributed by atoms with E-state index in [1.165, 1.54) is 83.5 Å². The molecule has 4 N–H and O–H groups in total.